The Morgan fingerprint density at radius 3 is 2.65 bits per heavy atom. The Labute approximate surface area is 129 Å². The van der Waals surface area contributed by atoms with Gasteiger partial charge in [-0.3, -0.25) is 4.79 Å². The zero-order valence-corrected chi connectivity index (χ0v) is 14.2. The summed E-state index contributed by atoms with van der Waals surface area (Å²) in [5.41, 5.74) is 1.16. The number of methoxy groups -OCH3 is 1. The lowest BCUT2D eigenvalue weighted by atomic mass is 10.1. The molecular weight excluding hydrogens is 320 g/mol. The van der Waals surface area contributed by atoms with Gasteiger partial charge in [-0.15, -0.1) is 0 Å². The van der Waals surface area contributed by atoms with Crippen LogP contribution >= 0.6 is 15.9 Å². The first-order valence-electron chi connectivity index (χ1n) is 6.87. The Morgan fingerprint density at radius 1 is 1.40 bits per heavy atom. The van der Waals surface area contributed by atoms with Gasteiger partial charge in [-0.1, -0.05) is 13.8 Å². The summed E-state index contributed by atoms with van der Waals surface area (Å²) in [5.74, 6) is 1.38. The summed E-state index contributed by atoms with van der Waals surface area (Å²) in [6, 6.07) is 6.22. The first-order valence-corrected chi connectivity index (χ1v) is 7.66. The van der Waals surface area contributed by atoms with Gasteiger partial charge in [0.15, 0.2) is 6.54 Å². The van der Waals surface area contributed by atoms with Crippen LogP contribution in [0.1, 0.15) is 32.4 Å². The number of quaternary nitrogens is 1. The number of carbonyl (C=O) groups excluding carboxylic acids is 1. The lowest BCUT2D eigenvalue weighted by molar-refractivity contribution is -0.682. The first kappa shape index (κ1) is 17.0. The number of hydrogen-bond acceptors (Lipinski definition) is 2. The quantitative estimate of drug-likeness (QED) is 0.793. The van der Waals surface area contributed by atoms with Crippen LogP contribution in [0.15, 0.2) is 22.7 Å². The minimum atomic E-state index is 0.0816. The maximum Gasteiger partial charge on any atom is 0.275 e. The molecule has 4 nitrogen and oxygen atoms in total. The number of halogens is 1. The van der Waals surface area contributed by atoms with Crippen molar-refractivity contribution in [2.75, 3.05) is 20.2 Å². The maximum absolute atomic E-state index is 11.7. The second kappa shape index (κ2) is 8.27. The van der Waals surface area contributed by atoms with Gasteiger partial charge in [-0.25, -0.2) is 0 Å². The second-order valence-corrected chi connectivity index (χ2v) is 6.17. The fraction of sp³-hybridized carbons (Fsp3) is 0.533. The van der Waals surface area contributed by atoms with Crippen molar-refractivity contribution in [3.8, 4) is 5.75 Å². The monoisotopic (exact) mass is 343 g/mol. The molecule has 0 saturated heterocycles. The molecule has 20 heavy (non-hydrogen) atoms. The summed E-state index contributed by atoms with van der Waals surface area (Å²) in [7, 11) is 1.65. The SMILES string of the molecule is COc1ccc([C@@H](C)[NH2+]CC(=O)NCC(C)C)cc1Br. The van der Waals surface area contributed by atoms with E-state index in [0.717, 1.165) is 22.3 Å². The van der Waals surface area contributed by atoms with Crippen LogP contribution in [-0.2, 0) is 4.79 Å². The van der Waals surface area contributed by atoms with Crippen molar-refractivity contribution in [2.24, 2.45) is 5.92 Å². The topological polar surface area (TPSA) is 54.9 Å². The van der Waals surface area contributed by atoms with Gasteiger partial charge in [0, 0.05) is 12.1 Å². The predicted molar refractivity (Wildman–Crippen MR) is 83.7 cm³/mol. The van der Waals surface area contributed by atoms with E-state index in [9.17, 15) is 4.79 Å². The molecule has 0 spiro atoms. The summed E-state index contributed by atoms with van der Waals surface area (Å²) >= 11 is 3.48. The van der Waals surface area contributed by atoms with E-state index in [4.69, 9.17) is 4.74 Å². The van der Waals surface area contributed by atoms with Gasteiger partial charge in [0.1, 0.15) is 11.8 Å². The van der Waals surface area contributed by atoms with E-state index < -0.39 is 0 Å². The molecule has 1 aromatic carbocycles. The number of nitrogens with one attached hydrogen (secondary N) is 1. The van der Waals surface area contributed by atoms with Crippen molar-refractivity contribution in [3.63, 3.8) is 0 Å². The van der Waals surface area contributed by atoms with Crippen molar-refractivity contribution < 1.29 is 14.8 Å². The standard InChI is InChI=1S/C15H23BrN2O2/c1-10(2)8-18-15(19)9-17-11(3)12-5-6-14(20-4)13(16)7-12/h5-7,10-11,17H,8-9H2,1-4H3,(H,18,19)/p+1/t11-/m1/s1. The molecule has 0 unspecified atom stereocenters. The van der Waals surface area contributed by atoms with Gasteiger partial charge in [0.2, 0.25) is 0 Å². The average Bonchev–Trinajstić information content (AvgIpc) is 2.42. The molecule has 0 saturated carbocycles. The minimum Gasteiger partial charge on any atom is -0.496 e. The molecular formula is C15H24BrN2O2+. The number of hydrogen-bond donors (Lipinski definition) is 2. The fourth-order valence-electron chi connectivity index (χ4n) is 1.78. The molecule has 0 heterocycles. The number of benzene rings is 1. The van der Waals surface area contributed by atoms with Gasteiger partial charge in [0.05, 0.1) is 11.6 Å². The lowest BCUT2D eigenvalue weighted by Crippen LogP contribution is -2.87. The number of rotatable bonds is 7. The number of nitrogens with two attached hydrogens (primary N) is 1. The average molecular weight is 344 g/mol. The summed E-state index contributed by atoms with van der Waals surface area (Å²) in [5, 5.41) is 4.95. The number of carbonyl (C=O) groups is 1. The van der Waals surface area contributed by atoms with E-state index in [2.05, 4.69) is 42.0 Å². The number of ether oxygens (including phenoxy) is 1. The molecule has 1 rings (SSSR count). The Balaban J connectivity index is 2.48. The summed E-state index contributed by atoms with van der Waals surface area (Å²) in [4.78, 5) is 11.7. The van der Waals surface area contributed by atoms with E-state index in [1.54, 1.807) is 7.11 Å². The number of amides is 1. The molecule has 0 radical (unpaired) electrons. The molecule has 1 amide bonds. The summed E-state index contributed by atoms with van der Waals surface area (Å²) < 4.78 is 6.14. The smallest absolute Gasteiger partial charge is 0.275 e. The highest BCUT2D eigenvalue weighted by atomic mass is 79.9. The molecule has 5 heteroatoms. The van der Waals surface area contributed by atoms with Crippen LogP contribution in [0.2, 0.25) is 0 Å². The third-order valence-electron chi connectivity index (χ3n) is 3.07. The van der Waals surface area contributed by atoms with Crippen molar-refractivity contribution in [2.45, 2.75) is 26.8 Å². The predicted octanol–water partition coefficient (Wildman–Crippen LogP) is 1.85. The van der Waals surface area contributed by atoms with Crippen molar-refractivity contribution >= 4 is 21.8 Å². The van der Waals surface area contributed by atoms with Crippen LogP contribution < -0.4 is 15.4 Å². The Bertz CT molecular complexity index is 449. The first-order chi connectivity index (χ1) is 9.43. The van der Waals surface area contributed by atoms with E-state index in [0.29, 0.717) is 12.5 Å². The molecule has 112 valence electrons. The highest BCUT2D eigenvalue weighted by molar-refractivity contribution is 9.10. The molecule has 0 fully saturated rings. The van der Waals surface area contributed by atoms with Crippen LogP contribution in [-0.4, -0.2) is 26.1 Å². The zero-order chi connectivity index (χ0) is 15.1. The normalized spacial score (nSPS) is 12.3. The molecule has 0 bridgehead atoms. The van der Waals surface area contributed by atoms with E-state index in [1.807, 2.05) is 23.5 Å². The van der Waals surface area contributed by atoms with Gasteiger partial charge in [-0.05, 0) is 47.0 Å². The van der Waals surface area contributed by atoms with Gasteiger partial charge >= 0.3 is 0 Å². The molecule has 1 atom stereocenters. The fourth-order valence-corrected chi connectivity index (χ4v) is 2.33. The molecule has 0 aliphatic carbocycles. The Morgan fingerprint density at radius 2 is 2.10 bits per heavy atom. The Hall–Kier alpha value is -1.07. The Kier molecular flexibility index (Phi) is 7.02. The molecule has 0 aliphatic heterocycles. The van der Waals surface area contributed by atoms with Crippen LogP contribution in [0, 0.1) is 5.92 Å². The highest BCUT2D eigenvalue weighted by Crippen LogP contribution is 2.26. The summed E-state index contributed by atoms with van der Waals surface area (Å²) in [6.45, 7) is 7.43. The van der Waals surface area contributed by atoms with E-state index in [1.165, 1.54) is 0 Å². The zero-order valence-electron chi connectivity index (χ0n) is 12.6. The van der Waals surface area contributed by atoms with E-state index in [-0.39, 0.29) is 11.9 Å². The van der Waals surface area contributed by atoms with Crippen LogP contribution in [0.3, 0.4) is 0 Å². The summed E-state index contributed by atoms with van der Waals surface area (Å²) in [6.07, 6.45) is 0. The molecule has 0 aromatic heterocycles. The third kappa shape index (κ3) is 5.51. The lowest BCUT2D eigenvalue weighted by Gasteiger charge is -2.13. The maximum atomic E-state index is 11.7. The van der Waals surface area contributed by atoms with Crippen LogP contribution in [0.5, 0.6) is 5.75 Å². The van der Waals surface area contributed by atoms with Gasteiger partial charge < -0.3 is 15.4 Å². The largest absolute Gasteiger partial charge is 0.496 e. The van der Waals surface area contributed by atoms with Crippen LogP contribution in [0.4, 0.5) is 0 Å². The van der Waals surface area contributed by atoms with Gasteiger partial charge in [-0.2, -0.15) is 0 Å². The second-order valence-electron chi connectivity index (χ2n) is 5.32. The van der Waals surface area contributed by atoms with E-state index >= 15 is 0 Å². The molecule has 0 aliphatic rings. The van der Waals surface area contributed by atoms with Gasteiger partial charge in [0.25, 0.3) is 5.91 Å². The van der Waals surface area contributed by atoms with Crippen LogP contribution in [0.25, 0.3) is 0 Å². The minimum absolute atomic E-state index is 0.0816. The van der Waals surface area contributed by atoms with Crippen molar-refractivity contribution in [1.29, 1.82) is 0 Å². The molecule has 3 N–H and O–H groups in total. The third-order valence-corrected chi connectivity index (χ3v) is 3.69. The van der Waals surface area contributed by atoms with Crippen molar-refractivity contribution in [1.82, 2.24) is 5.32 Å². The highest BCUT2D eigenvalue weighted by Gasteiger charge is 2.13. The van der Waals surface area contributed by atoms with Crippen molar-refractivity contribution in [3.05, 3.63) is 28.2 Å². The molecule has 1 aromatic rings.